The molecule has 0 radical (unpaired) electrons. The maximum absolute atomic E-state index is 11.4. The number of rotatable bonds is 4. The maximum atomic E-state index is 11.4. The van der Waals surface area contributed by atoms with Crippen LogP contribution in [0.25, 0.3) is 0 Å². The van der Waals surface area contributed by atoms with E-state index in [1.165, 1.54) is 6.07 Å². The molecule has 1 aromatic heterocycles. The van der Waals surface area contributed by atoms with Crippen molar-refractivity contribution >= 4 is 18.9 Å². The Hall–Kier alpha value is -0.900. The van der Waals surface area contributed by atoms with Gasteiger partial charge in [-0.3, -0.25) is 9.36 Å². The van der Waals surface area contributed by atoms with Crippen molar-refractivity contribution in [3.05, 3.63) is 17.4 Å². The van der Waals surface area contributed by atoms with Crippen molar-refractivity contribution in [2.75, 3.05) is 0 Å². The Morgan fingerprint density at radius 3 is 2.47 bits per heavy atom. The summed E-state index contributed by atoms with van der Waals surface area (Å²) in [5, 5.41) is 0. The molecule has 1 aromatic rings. The number of hydrogen-bond donors (Lipinski definition) is 2. The predicted octanol–water partition coefficient (Wildman–Crippen LogP) is 1.24. The summed E-state index contributed by atoms with van der Waals surface area (Å²) in [5.41, 5.74) is 0.108. The Bertz CT molecular complexity index is 414. The molecule has 0 unspecified atom stereocenters. The van der Waals surface area contributed by atoms with Crippen LogP contribution in [-0.4, -0.2) is 15.6 Å². The lowest BCUT2D eigenvalue weighted by Gasteiger charge is -1.97. The first kappa shape index (κ1) is 12.2. The summed E-state index contributed by atoms with van der Waals surface area (Å²) in [6.07, 6.45) is 0.756. The van der Waals surface area contributed by atoms with Gasteiger partial charge in [-0.2, -0.15) is 0 Å². The second-order valence-corrected chi connectivity index (χ2v) is 4.64. The number of hydrogen-bond acceptors (Lipinski definition) is 3. The van der Waals surface area contributed by atoms with Gasteiger partial charge in [0.1, 0.15) is 0 Å². The average Bonchev–Trinajstić information content (AvgIpc) is 2.59. The van der Waals surface area contributed by atoms with Crippen molar-refractivity contribution in [2.45, 2.75) is 26.7 Å². The minimum atomic E-state index is -4.41. The fraction of sp³-hybridized carbons (Fsp3) is 0.444. The summed E-state index contributed by atoms with van der Waals surface area (Å²) in [5.74, 6) is -0.176. The summed E-state index contributed by atoms with van der Waals surface area (Å²) in [4.78, 5) is 29.2. The van der Waals surface area contributed by atoms with Crippen LogP contribution in [0, 0.1) is 0 Å². The van der Waals surface area contributed by atoms with Gasteiger partial charge in [-0.25, -0.2) is 0 Å². The van der Waals surface area contributed by atoms with Gasteiger partial charge in [0.05, 0.1) is 0 Å². The van der Waals surface area contributed by atoms with Crippen molar-refractivity contribution in [3.63, 3.8) is 0 Å². The van der Waals surface area contributed by atoms with E-state index in [9.17, 15) is 9.36 Å². The number of aryl methyl sites for hydroxylation is 1. The van der Waals surface area contributed by atoms with E-state index >= 15 is 0 Å². The molecular formula is C9H13O5P. The van der Waals surface area contributed by atoms with Gasteiger partial charge < -0.3 is 14.2 Å². The molecule has 0 saturated heterocycles. The highest BCUT2D eigenvalue weighted by atomic mass is 31.2. The fourth-order valence-corrected chi connectivity index (χ4v) is 1.75. The first-order valence-electron chi connectivity index (χ1n) is 4.62. The van der Waals surface area contributed by atoms with E-state index in [1.54, 1.807) is 13.8 Å². The molecule has 0 spiro atoms. The van der Waals surface area contributed by atoms with Crippen LogP contribution in [0.15, 0.2) is 10.5 Å². The van der Waals surface area contributed by atoms with Gasteiger partial charge in [0.15, 0.2) is 11.5 Å². The molecule has 0 aliphatic heterocycles. The van der Waals surface area contributed by atoms with Gasteiger partial charge in [-0.15, -0.1) is 0 Å². The van der Waals surface area contributed by atoms with Crippen molar-refractivity contribution < 1.29 is 23.6 Å². The Kier molecular flexibility index (Phi) is 3.50. The van der Waals surface area contributed by atoms with Crippen LogP contribution in [0.2, 0.25) is 0 Å². The molecule has 0 bridgehead atoms. The Labute approximate surface area is 87.3 Å². The molecule has 0 saturated carbocycles. The molecule has 0 aromatic carbocycles. The molecule has 15 heavy (non-hydrogen) atoms. The van der Waals surface area contributed by atoms with Gasteiger partial charge in [0, 0.05) is 12.0 Å². The predicted molar refractivity (Wildman–Crippen MR) is 54.4 cm³/mol. The highest BCUT2D eigenvalue weighted by Gasteiger charge is 2.26. The van der Waals surface area contributed by atoms with Gasteiger partial charge >= 0.3 is 7.60 Å². The first-order chi connectivity index (χ1) is 6.90. The minimum absolute atomic E-state index is 0.0679. The van der Waals surface area contributed by atoms with E-state index in [2.05, 4.69) is 0 Å². The second-order valence-electron chi connectivity index (χ2n) is 3.11. The molecule has 0 amide bonds. The quantitative estimate of drug-likeness (QED) is 0.602. The van der Waals surface area contributed by atoms with E-state index in [1.807, 2.05) is 0 Å². The molecule has 84 valence electrons. The zero-order chi connectivity index (χ0) is 11.6. The molecular weight excluding hydrogens is 219 g/mol. The highest BCUT2D eigenvalue weighted by Crippen LogP contribution is 2.35. The zero-order valence-corrected chi connectivity index (χ0v) is 9.45. The summed E-state index contributed by atoms with van der Waals surface area (Å²) in [7, 11) is -4.41. The molecule has 2 N–H and O–H groups in total. The van der Waals surface area contributed by atoms with Crippen molar-refractivity contribution in [1.82, 2.24) is 0 Å². The second kappa shape index (κ2) is 4.31. The fourth-order valence-electron chi connectivity index (χ4n) is 1.22. The van der Waals surface area contributed by atoms with Gasteiger partial charge in [0.2, 0.25) is 5.50 Å². The molecule has 1 rings (SSSR count). The van der Waals surface area contributed by atoms with Crippen LogP contribution in [0.5, 0.6) is 0 Å². The monoisotopic (exact) mass is 232 g/mol. The zero-order valence-electron chi connectivity index (χ0n) is 8.56. The van der Waals surface area contributed by atoms with E-state index in [0.29, 0.717) is 12.0 Å². The van der Waals surface area contributed by atoms with Crippen molar-refractivity contribution in [1.29, 1.82) is 0 Å². The summed E-state index contributed by atoms with van der Waals surface area (Å²) in [6, 6.07) is 1.25. The summed E-state index contributed by atoms with van der Waals surface area (Å²) < 4.78 is 15.8. The van der Waals surface area contributed by atoms with Gasteiger partial charge in [-0.1, -0.05) is 13.8 Å². The lowest BCUT2D eigenvalue weighted by atomic mass is 10.1. The van der Waals surface area contributed by atoms with E-state index in [-0.39, 0.29) is 18.0 Å². The lowest BCUT2D eigenvalue weighted by molar-refractivity contribution is 0.0961. The number of carbonyl (C=O) groups is 1. The molecule has 6 heteroatoms. The van der Waals surface area contributed by atoms with Crippen LogP contribution in [0.3, 0.4) is 0 Å². The van der Waals surface area contributed by atoms with Gasteiger partial charge in [-0.05, 0) is 12.5 Å². The molecule has 0 aliphatic carbocycles. The number of ketones is 1. The minimum Gasteiger partial charge on any atom is -0.445 e. The van der Waals surface area contributed by atoms with Crippen LogP contribution in [-0.2, 0) is 11.0 Å². The normalized spacial score (nSPS) is 11.7. The third-order valence-electron chi connectivity index (χ3n) is 2.04. The number of carbonyl (C=O) groups excluding carboxylic acids is 1. The van der Waals surface area contributed by atoms with Crippen molar-refractivity contribution in [2.24, 2.45) is 0 Å². The lowest BCUT2D eigenvalue weighted by Crippen LogP contribution is -2.00. The largest absolute Gasteiger partial charge is 0.445 e. The molecule has 0 aliphatic rings. The third-order valence-corrected chi connectivity index (χ3v) is 2.83. The van der Waals surface area contributed by atoms with Gasteiger partial charge in [0.25, 0.3) is 0 Å². The van der Waals surface area contributed by atoms with Crippen LogP contribution in [0.1, 0.15) is 36.4 Å². The van der Waals surface area contributed by atoms with Crippen LogP contribution in [0.4, 0.5) is 0 Å². The van der Waals surface area contributed by atoms with E-state index < -0.39 is 13.1 Å². The van der Waals surface area contributed by atoms with Crippen LogP contribution < -0.4 is 5.50 Å². The molecule has 1 heterocycles. The SMILES string of the molecule is CCC(=O)c1oc(P(=O)(O)O)cc1CC. The number of Topliss-reactive ketones (excluding diaryl/α,β-unsaturated/α-hetero) is 1. The standard InChI is InChI=1S/C9H13O5P/c1-3-6-5-8(15(11,12)13)14-9(6)7(10)4-2/h5H,3-4H2,1-2H3,(H2,11,12,13). The Morgan fingerprint density at radius 2 is 2.07 bits per heavy atom. The maximum Gasteiger partial charge on any atom is 0.391 e. The number of furan rings is 1. The average molecular weight is 232 g/mol. The third kappa shape index (κ3) is 2.56. The highest BCUT2D eigenvalue weighted by molar-refractivity contribution is 7.59. The topological polar surface area (TPSA) is 87.7 Å². The summed E-state index contributed by atoms with van der Waals surface area (Å²) in [6.45, 7) is 3.46. The Balaban J connectivity index is 3.23. The Morgan fingerprint density at radius 1 is 1.47 bits per heavy atom. The molecule has 0 atom stereocenters. The van der Waals surface area contributed by atoms with Crippen LogP contribution >= 0.6 is 7.60 Å². The molecule has 0 fully saturated rings. The van der Waals surface area contributed by atoms with E-state index in [0.717, 1.165) is 0 Å². The first-order valence-corrected chi connectivity index (χ1v) is 6.23. The van der Waals surface area contributed by atoms with E-state index in [4.69, 9.17) is 14.2 Å². The summed E-state index contributed by atoms with van der Waals surface area (Å²) >= 11 is 0. The molecule has 5 nitrogen and oxygen atoms in total. The van der Waals surface area contributed by atoms with Crippen molar-refractivity contribution in [3.8, 4) is 0 Å². The smallest absolute Gasteiger partial charge is 0.391 e.